The average molecular weight is 707 g/mol. The lowest BCUT2D eigenvalue weighted by Gasteiger charge is -2.17. The Morgan fingerprint density at radius 3 is 1.55 bits per heavy atom. The monoisotopic (exact) mass is 706 g/mol. The first-order valence-electron chi connectivity index (χ1n) is 18.9. The molecule has 1 N–H and O–H groups in total. The Bertz CT molecular complexity index is 2770. The molecule has 10 rings (SSSR count). The second-order valence-corrected chi connectivity index (χ2v) is 14.0. The lowest BCUT2D eigenvalue weighted by atomic mass is 9.97. The Labute approximate surface area is 320 Å². The lowest BCUT2D eigenvalue weighted by Crippen LogP contribution is -2.13. The fraction of sp³-hybridized carbons (Fsp3) is 0.0392. The van der Waals surface area contributed by atoms with Crippen LogP contribution in [0.1, 0.15) is 16.7 Å². The second kappa shape index (κ2) is 14.0. The number of fused-ring (bicyclic) bond motifs is 6. The SMILES string of the molecule is C(/Cc1cc(-n2c3ccccc3c3ccccc32)cc(-n2c3ccccc3c3ccccc32)c1)=C(/NCc1ccccc1)c1ccccc1-c1cccnc1. The number of pyridine rings is 1. The summed E-state index contributed by atoms with van der Waals surface area (Å²) in [6, 6.07) is 65.5. The number of hydrogen-bond acceptors (Lipinski definition) is 2. The number of aromatic nitrogens is 3. The van der Waals surface area contributed by atoms with E-state index in [0.29, 0.717) is 13.0 Å². The number of nitrogens with zero attached hydrogens (tertiary/aromatic N) is 3. The fourth-order valence-electron chi connectivity index (χ4n) is 8.22. The molecule has 0 amide bonds. The van der Waals surface area contributed by atoms with Crippen molar-refractivity contribution in [1.29, 1.82) is 0 Å². The standard InChI is InChI=1S/C51H38N4/c1-2-15-36(16-3-1)34-53-47(42-19-5-4-18-41(42)38-17-14-30-52-35-38)29-28-37-31-39(54-48-24-10-6-20-43(48)44-21-7-11-25-49(44)54)33-40(32-37)55-50-26-12-8-22-45(50)46-23-9-13-27-51(46)55/h1-27,29-33,35,53H,28,34H2/b47-29-. The molecule has 0 spiro atoms. The first-order valence-corrected chi connectivity index (χ1v) is 18.9. The molecule has 0 atom stereocenters. The van der Waals surface area contributed by atoms with Crippen LogP contribution in [0.25, 0.3) is 71.8 Å². The van der Waals surface area contributed by atoms with Crippen molar-refractivity contribution in [3.05, 3.63) is 217 Å². The topological polar surface area (TPSA) is 34.8 Å². The first-order chi connectivity index (χ1) is 27.3. The van der Waals surface area contributed by atoms with E-state index in [1.807, 2.05) is 18.5 Å². The average Bonchev–Trinajstić information content (AvgIpc) is 3.78. The van der Waals surface area contributed by atoms with Crippen LogP contribution < -0.4 is 5.32 Å². The van der Waals surface area contributed by atoms with Gasteiger partial charge in [-0.25, -0.2) is 0 Å². The van der Waals surface area contributed by atoms with Crippen LogP contribution in [-0.2, 0) is 13.0 Å². The Balaban J connectivity index is 1.18. The van der Waals surface area contributed by atoms with Crippen molar-refractivity contribution in [2.45, 2.75) is 13.0 Å². The molecule has 55 heavy (non-hydrogen) atoms. The number of para-hydroxylation sites is 4. The molecular formula is C51H38N4. The van der Waals surface area contributed by atoms with Crippen LogP contribution >= 0.6 is 0 Å². The largest absolute Gasteiger partial charge is 0.381 e. The molecule has 4 nitrogen and oxygen atoms in total. The number of rotatable bonds is 9. The number of allylic oxidation sites excluding steroid dienone is 1. The summed E-state index contributed by atoms with van der Waals surface area (Å²) in [5.41, 5.74) is 14.0. The van der Waals surface area contributed by atoms with Gasteiger partial charge in [-0.05, 0) is 71.6 Å². The van der Waals surface area contributed by atoms with Crippen molar-refractivity contribution in [2.75, 3.05) is 0 Å². The fourth-order valence-corrected chi connectivity index (χ4v) is 8.22. The van der Waals surface area contributed by atoms with Crippen LogP contribution in [0.15, 0.2) is 200 Å². The lowest BCUT2D eigenvalue weighted by molar-refractivity contribution is 0.886. The molecule has 7 aromatic carbocycles. The molecule has 0 aliphatic heterocycles. The van der Waals surface area contributed by atoms with Crippen molar-refractivity contribution in [3.63, 3.8) is 0 Å². The second-order valence-electron chi connectivity index (χ2n) is 14.0. The maximum absolute atomic E-state index is 4.46. The van der Waals surface area contributed by atoms with E-state index in [1.165, 1.54) is 54.7 Å². The molecule has 10 aromatic rings. The van der Waals surface area contributed by atoms with E-state index in [4.69, 9.17) is 0 Å². The molecule has 3 heterocycles. The summed E-state index contributed by atoms with van der Waals surface area (Å²) in [6.07, 6.45) is 6.85. The van der Waals surface area contributed by atoms with Gasteiger partial charge < -0.3 is 14.5 Å². The third kappa shape index (κ3) is 5.94. The molecule has 0 radical (unpaired) electrons. The third-order valence-electron chi connectivity index (χ3n) is 10.7. The molecule has 0 fully saturated rings. The minimum atomic E-state index is 0.710. The summed E-state index contributed by atoms with van der Waals surface area (Å²) >= 11 is 0. The summed E-state index contributed by atoms with van der Waals surface area (Å²) < 4.78 is 4.86. The van der Waals surface area contributed by atoms with E-state index in [2.05, 4.69) is 201 Å². The minimum Gasteiger partial charge on any atom is -0.381 e. The van der Waals surface area contributed by atoms with Crippen LogP contribution in [-0.4, -0.2) is 14.1 Å². The van der Waals surface area contributed by atoms with E-state index in [9.17, 15) is 0 Å². The predicted octanol–water partition coefficient (Wildman–Crippen LogP) is 12.3. The first kappa shape index (κ1) is 32.5. The molecule has 4 heteroatoms. The van der Waals surface area contributed by atoms with Crippen molar-refractivity contribution >= 4 is 49.3 Å². The number of nitrogens with one attached hydrogen (secondary N) is 1. The van der Waals surface area contributed by atoms with Crippen LogP contribution in [0.4, 0.5) is 0 Å². The Hall–Kier alpha value is -7.17. The molecule has 262 valence electrons. The molecule has 0 unspecified atom stereocenters. The van der Waals surface area contributed by atoms with Gasteiger partial charge in [0.25, 0.3) is 0 Å². The highest BCUT2D eigenvalue weighted by atomic mass is 15.0. The highest BCUT2D eigenvalue weighted by Crippen LogP contribution is 2.36. The molecule has 0 bridgehead atoms. The normalized spacial score (nSPS) is 11.9. The minimum absolute atomic E-state index is 0.710. The van der Waals surface area contributed by atoms with Crippen molar-refractivity contribution in [1.82, 2.24) is 19.4 Å². The number of hydrogen-bond donors (Lipinski definition) is 1. The van der Waals surface area contributed by atoms with Crippen molar-refractivity contribution in [3.8, 4) is 22.5 Å². The number of benzene rings is 7. The van der Waals surface area contributed by atoms with E-state index in [1.54, 1.807) is 0 Å². The molecule has 0 saturated carbocycles. The zero-order valence-corrected chi connectivity index (χ0v) is 30.3. The predicted molar refractivity (Wildman–Crippen MR) is 230 cm³/mol. The van der Waals surface area contributed by atoms with Gasteiger partial charge in [-0.15, -0.1) is 0 Å². The smallest absolute Gasteiger partial charge is 0.0541 e. The van der Waals surface area contributed by atoms with Gasteiger partial charge >= 0.3 is 0 Å². The summed E-state index contributed by atoms with van der Waals surface area (Å²) in [6.45, 7) is 0.710. The third-order valence-corrected chi connectivity index (χ3v) is 10.7. The molecule has 0 saturated heterocycles. The van der Waals surface area contributed by atoms with Gasteiger partial charge in [-0.3, -0.25) is 4.98 Å². The van der Waals surface area contributed by atoms with Gasteiger partial charge in [0, 0.05) is 68.7 Å². The molecular weight excluding hydrogens is 669 g/mol. The summed E-state index contributed by atoms with van der Waals surface area (Å²) in [5.74, 6) is 0. The summed E-state index contributed by atoms with van der Waals surface area (Å²) in [5, 5.41) is 8.85. The maximum Gasteiger partial charge on any atom is 0.0541 e. The van der Waals surface area contributed by atoms with Crippen molar-refractivity contribution < 1.29 is 0 Å². The Morgan fingerprint density at radius 1 is 0.491 bits per heavy atom. The van der Waals surface area contributed by atoms with E-state index in [0.717, 1.165) is 33.8 Å². The van der Waals surface area contributed by atoms with E-state index in [-0.39, 0.29) is 0 Å². The Kier molecular flexibility index (Phi) is 8.27. The Morgan fingerprint density at radius 2 is 1.00 bits per heavy atom. The van der Waals surface area contributed by atoms with Crippen LogP contribution in [0, 0.1) is 0 Å². The summed E-state index contributed by atoms with van der Waals surface area (Å²) in [7, 11) is 0. The van der Waals surface area contributed by atoms with Gasteiger partial charge in [0.05, 0.1) is 22.1 Å². The molecule has 0 aliphatic rings. The van der Waals surface area contributed by atoms with Gasteiger partial charge in [0.2, 0.25) is 0 Å². The van der Waals surface area contributed by atoms with E-state index >= 15 is 0 Å². The maximum atomic E-state index is 4.46. The molecule has 3 aromatic heterocycles. The van der Waals surface area contributed by atoms with Gasteiger partial charge in [0.1, 0.15) is 0 Å². The van der Waals surface area contributed by atoms with Crippen LogP contribution in [0.5, 0.6) is 0 Å². The van der Waals surface area contributed by atoms with Crippen LogP contribution in [0.3, 0.4) is 0 Å². The van der Waals surface area contributed by atoms with E-state index < -0.39 is 0 Å². The van der Waals surface area contributed by atoms with Crippen LogP contribution in [0.2, 0.25) is 0 Å². The highest BCUT2D eigenvalue weighted by Gasteiger charge is 2.17. The quantitative estimate of drug-likeness (QED) is 0.162. The van der Waals surface area contributed by atoms with Gasteiger partial charge in [-0.2, -0.15) is 0 Å². The van der Waals surface area contributed by atoms with Crippen molar-refractivity contribution in [2.24, 2.45) is 0 Å². The zero-order chi connectivity index (χ0) is 36.6. The zero-order valence-electron chi connectivity index (χ0n) is 30.3. The highest BCUT2D eigenvalue weighted by molar-refractivity contribution is 6.10. The summed E-state index contributed by atoms with van der Waals surface area (Å²) in [4.78, 5) is 4.46. The van der Waals surface area contributed by atoms with Gasteiger partial charge in [0.15, 0.2) is 0 Å². The molecule has 0 aliphatic carbocycles. The van der Waals surface area contributed by atoms with Gasteiger partial charge in [-0.1, -0.05) is 140 Å².